The number of amides is 1. The Bertz CT molecular complexity index is 423. The van der Waals surface area contributed by atoms with Crippen LogP contribution in [0.25, 0.3) is 0 Å². The van der Waals surface area contributed by atoms with E-state index < -0.39 is 10.0 Å². The second kappa shape index (κ2) is 9.50. The van der Waals surface area contributed by atoms with Crippen molar-refractivity contribution in [3.05, 3.63) is 0 Å². The highest BCUT2D eigenvalue weighted by molar-refractivity contribution is 7.89. The van der Waals surface area contributed by atoms with Gasteiger partial charge in [-0.05, 0) is 32.1 Å². The van der Waals surface area contributed by atoms with Crippen LogP contribution in [0.2, 0.25) is 0 Å². The summed E-state index contributed by atoms with van der Waals surface area (Å²) in [5.41, 5.74) is 0. The Labute approximate surface area is 136 Å². The van der Waals surface area contributed by atoms with Crippen LogP contribution in [0.3, 0.4) is 0 Å². The molecule has 1 saturated heterocycles. The normalized spacial score (nSPS) is 17.6. The molecule has 1 rings (SSSR count). The van der Waals surface area contributed by atoms with Gasteiger partial charge in [0.05, 0.1) is 5.75 Å². The summed E-state index contributed by atoms with van der Waals surface area (Å²) in [7, 11) is -3.13. The first-order valence-electron chi connectivity index (χ1n) is 8.72. The Morgan fingerprint density at radius 1 is 1.05 bits per heavy atom. The van der Waals surface area contributed by atoms with Gasteiger partial charge >= 0.3 is 0 Å². The molecule has 0 unspecified atom stereocenters. The first kappa shape index (κ1) is 19.4. The lowest BCUT2D eigenvalue weighted by Crippen LogP contribution is -2.45. The van der Waals surface area contributed by atoms with Gasteiger partial charge in [0, 0.05) is 32.1 Å². The molecule has 0 radical (unpaired) electrons. The lowest BCUT2D eigenvalue weighted by molar-refractivity contribution is -0.136. The molecule has 1 amide bonds. The fourth-order valence-corrected chi connectivity index (χ4v) is 4.65. The summed E-state index contributed by atoms with van der Waals surface area (Å²) in [5.74, 6) is 0.449. The zero-order valence-corrected chi connectivity index (χ0v) is 15.2. The van der Waals surface area contributed by atoms with Crippen LogP contribution < -0.4 is 0 Å². The predicted molar refractivity (Wildman–Crippen MR) is 90.2 cm³/mol. The number of unbranched alkanes of at least 4 members (excludes halogenated alkanes) is 1. The Morgan fingerprint density at radius 2 is 1.59 bits per heavy atom. The zero-order valence-electron chi connectivity index (χ0n) is 14.4. The molecule has 0 aromatic heterocycles. The third-order valence-electron chi connectivity index (χ3n) is 4.25. The highest BCUT2D eigenvalue weighted by Crippen LogP contribution is 2.22. The number of carbonyl (C=O) groups is 1. The number of nitrogens with zero attached hydrogens (tertiary/aromatic N) is 2. The lowest BCUT2D eigenvalue weighted by atomic mass is 9.96. The van der Waals surface area contributed by atoms with Gasteiger partial charge in [0.25, 0.3) is 0 Å². The average Bonchev–Trinajstić information content (AvgIpc) is 2.52. The summed E-state index contributed by atoms with van der Waals surface area (Å²) in [6, 6.07) is 0. The smallest absolute Gasteiger partial charge is 0.225 e. The van der Waals surface area contributed by atoms with Crippen LogP contribution in [0, 0.1) is 5.92 Å². The maximum atomic E-state index is 12.6. The molecule has 0 bridgehead atoms. The minimum Gasteiger partial charge on any atom is -0.342 e. The van der Waals surface area contributed by atoms with Gasteiger partial charge in [-0.1, -0.05) is 27.2 Å². The molecule has 0 spiro atoms. The summed E-state index contributed by atoms with van der Waals surface area (Å²) in [4.78, 5) is 14.5. The van der Waals surface area contributed by atoms with Crippen LogP contribution in [0.4, 0.5) is 0 Å². The SMILES string of the molecule is CCCCS(=O)(=O)N1CCC(C(=O)N(CCC)CCC)CC1. The Kier molecular flexibility index (Phi) is 8.39. The lowest BCUT2D eigenvalue weighted by Gasteiger charge is -2.33. The zero-order chi connectivity index (χ0) is 16.6. The topological polar surface area (TPSA) is 57.7 Å². The summed E-state index contributed by atoms with van der Waals surface area (Å²) in [5, 5.41) is 0. The minimum absolute atomic E-state index is 0.00396. The van der Waals surface area contributed by atoms with Crippen molar-refractivity contribution >= 4 is 15.9 Å². The third kappa shape index (κ3) is 5.54. The van der Waals surface area contributed by atoms with Crippen molar-refractivity contribution in [2.24, 2.45) is 5.92 Å². The summed E-state index contributed by atoms with van der Waals surface area (Å²) in [6.45, 7) is 8.76. The molecule has 5 nitrogen and oxygen atoms in total. The minimum atomic E-state index is -3.13. The fourth-order valence-electron chi connectivity index (χ4n) is 2.97. The number of sulfonamides is 1. The maximum Gasteiger partial charge on any atom is 0.225 e. The molecule has 0 aromatic rings. The van der Waals surface area contributed by atoms with Crippen molar-refractivity contribution in [3.8, 4) is 0 Å². The van der Waals surface area contributed by atoms with Crippen molar-refractivity contribution < 1.29 is 13.2 Å². The van der Waals surface area contributed by atoms with Gasteiger partial charge < -0.3 is 4.90 Å². The van der Waals surface area contributed by atoms with E-state index in [0.717, 1.165) is 32.4 Å². The second-order valence-electron chi connectivity index (χ2n) is 6.17. The van der Waals surface area contributed by atoms with Gasteiger partial charge in [-0.3, -0.25) is 4.79 Å². The molecule has 0 atom stereocenters. The van der Waals surface area contributed by atoms with Gasteiger partial charge in [-0.25, -0.2) is 12.7 Å². The van der Waals surface area contributed by atoms with Crippen molar-refractivity contribution in [2.45, 2.75) is 59.3 Å². The molecule has 1 aliphatic rings. The van der Waals surface area contributed by atoms with E-state index >= 15 is 0 Å². The van der Waals surface area contributed by atoms with Gasteiger partial charge in [0.15, 0.2) is 0 Å². The molecule has 22 heavy (non-hydrogen) atoms. The van der Waals surface area contributed by atoms with Gasteiger partial charge in [0.2, 0.25) is 15.9 Å². The van der Waals surface area contributed by atoms with Crippen LogP contribution in [0.15, 0.2) is 0 Å². The highest BCUT2D eigenvalue weighted by atomic mass is 32.2. The van der Waals surface area contributed by atoms with E-state index in [1.165, 1.54) is 0 Å². The van der Waals surface area contributed by atoms with E-state index in [1.54, 1.807) is 4.31 Å². The quantitative estimate of drug-likeness (QED) is 0.652. The van der Waals surface area contributed by atoms with Gasteiger partial charge in [0.1, 0.15) is 0 Å². The van der Waals surface area contributed by atoms with Gasteiger partial charge in [-0.15, -0.1) is 0 Å². The Hall–Kier alpha value is -0.620. The molecule has 6 heteroatoms. The number of piperidine rings is 1. The summed E-state index contributed by atoms with van der Waals surface area (Å²) < 4.78 is 26.0. The second-order valence-corrected chi connectivity index (χ2v) is 8.26. The number of rotatable bonds is 9. The highest BCUT2D eigenvalue weighted by Gasteiger charge is 2.32. The van der Waals surface area contributed by atoms with Crippen LogP contribution in [0.1, 0.15) is 59.3 Å². The summed E-state index contributed by atoms with van der Waals surface area (Å²) >= 11 is 0. The van der Waals surface area contributed by atoms with E-state index in [4.69, 9.17) is 0 Å². The largest absolute Gasteiger partial charge is 0.342 e. The van der Waals surface area contributed by atoms with E-state index in [0.29, 0.717) is 32.4 Å². The third-order valence-corrected chi connectivity index (χ3v) is 6.21. The Balaban J connectivity index is 2.55. The molecule has 0 saturated carbocycles. The monoisotopic (exact) mass is 332 g/mol. The van der Waals surface area contributed by atoms with Gasteiger partial charge in [-0.2, -0.15) is 0 Å². The standard InChI is InChI=1S/C16H32N2O3S/c1-4-7-14-22(20,21)18-12-8-15(9-13-18)16(19)17(10-5-2)11-6-3/h15H,4-14H2,1-3H3. The molecular formula is C16H32N2O3S. The number of hydrogen-bond acceptors (Lipinski definition) is 3. The van der Waals surface area contributed by atoms with Crippen molar-refractivity contribution in [1.29, 1.82) is 0 Å². The van der Waals surface area contributed by atoms with Crippen LogP contribution in [0.5, 0.6) is 0 Å². The first-order chi connectivity index (χ1) is 10.5. The average molecular weight is 333 g/mol. The number of hydrogen-bond donors (Lipinski definition) is 0. The molecule has 1 aliphatic heterocycles. The van der Waals surface area contributed by atoms with Crippen molar-refractivity contribution in [2.75, 3.05) is 31.9 Å². The number of carbonyl (C=O) groups excluding carboxylic acids is 1. The van der Waals surface area contributed by atoms with Crippen LogP contribution >= 0.6 is 0 Å². The first-order valence-corrected chi connectivity index (χ1v) is 10.3. The van der Waals surface area contributed by atoms with Crippen molar-refractivity contribution in [1.82, 2.24) is 9.21 Å². The molecule has 0 N–H and O–H groups in total. The molecule has 1 heterocycles. The van der Waals surface area contributed by atoms with E-state index in [2.05, 4.69) is 13.8 Å². The predicted octanol–water partition coefficient (Wildman–Crippen LogP) is 2.48. The van der Waals surface area contributed by atoms with Crippen LogP contribution in [-0.4, -0.2) is 55.5 Å². The molecular weight excluding hydrogens is 300 g/mol. The molecule has 130 valence electrons. The Morgan fingerprint density at radius 3 is 2.05 bits per heavy atom. The maximum absolute atomic E-state index is 12.6. The summed E-state index contributed by atoms with van der Waals surface area (Å²) in [6.07, 6.45) is 4.85. The molecule has 1 fully saturated rings. The van der Waals surface area contributed by atoms with E-state index in [9.17, 15) is 13.2 Å². The fraction of sp³-hybridized carbons (Fsp3) is 0.938. The van der Waals surface area contributed by atoms with Crippen molar-refractivity contribution in [3.63, 3.8) is 0 Å². The van der Waals surface area contributed by atoms with E-state index in [1.807, 2.05) is 11.8 Å². The molecule has 0 aliphatic carbocycles. The van der Waals surface area contributed by atoms with Crippen LogP contribution in [-0.2, 0) is 14.8 Å². The molecule has 0 aromatic carbocycles. The van der Waals surface area contributed by atoms with E-state index in [-0.39, 0.29) is 17.6 Å².